The Morgan fingerprint density at radius 3 is 2.12 bits per heavy atom. The molecule has 0 spiro atoms. The minimum absolute atomic E-state index is 0.242. The van der Waals surface area contributed by atoms with Crippen LogP contribution >= 0.6 is 12.2 Å². The third kappa shape index (κ3) is 5.34. The molecule has 2 nitrogen and oxygen atoms in total. The van der Waals surface area contributed by atoms with Crippen molar-refractivity contribution in [2.45, 2.75) is 52.1 Å². The van der Waals surface area contributed by atoms with E-state index in [1.165, 1.54) is 23.1 Å². The van der Waals surface area contributed by atoms with E-state index in [1.54, 1.807) is 0 Å². The van der Waals surface area contributed by atoms with Gasteiger partial charge in [-0.25, -0.2) is 0 Å². The Morgan fingerprint density at radius 2 is 1.54 bits per heavy atom. The maximum Gasteiger partial charge on any atom is 0.167 e. The van der Waals surface area contributed by atoms with Crippen LogP contribution in [0.4, 0.5) is 0 Å². The Hall–Kier alpha value is -1.87. The van der Waals surface area contributed by atoms with Crippen LogP contribution in [0.25, 0.3) is 0 Å². The minimum atomic E-state index is 0.242. The van der Waals surface area contributed by atoms with Crippen LogP contribution in [-0.2, 0) is 6.54 Å². The molecule has 2 rings (SSSR count). The van der Waals surface area contributed by atoms with Gasteiger partial charge in [0.15, 0.2) is 5.11 Å². The van der Waals surface area contributed by atoms with Crippen LogP contribution in [0.2, 0.25) is 0 Å². The third-order valence-corrected chi connectivity index (χ3v) is 4.79. The maximum atomic E-state index is 5.46. The van der Waals surface area contributed by atoms with Crippen LogP contribution in [0.15, 0.2) is 54.6 Å². The lowest BCUT2D eigenvalue weighted by Gasteiger charge is -2.21. The fourth-order valence-corrected chi connectivity index (χ4v) is 2.92. The van der Waals surface area contributed by atoms with Crippen molar-refractivity contribution in [1.82, 2.24) is 10.6 Å². The summed E-state index contributed by atoms with van der Waals surface area (Å²) in [4.78, 5) is 0. The van der Waals surface area contributed by atoms with Gasteiger partial charge in [0, 0.05) is 6.54 Å². The number of hydrogen-bond acceptors (Lipinski definition) is 1. The summed E-state index contributed by atoms with van der Waals surface area (Å²) >= 11 is 5.46. The molecule has 24 heavy (non-hydrogen) atoms. The first-order valence-electron chi connectivity index (χ1n) is 8.82. The van der Waals surface area contributed by atoms with Crippen LogP contribution in [0.3, 0.4) is 0 Å². The second kappa shape index (κ2) is 9.43. The predicted molar refractivity (Wildman–Crippen MR) is 107 cm³/mol. The molecule has 0 amide bonds. The predicted octanol–water partition coefficient (Wildman–Crippen LogP) is 5.32. The molecule has 0 heterocycles. The molecule has 0 aromatic heterocycles. The van der Waals surface area contributed by atoms with Crippen LogP contribution < -0.4 is 10.6 Å². The summed E-state index contributed by atoms with van der Waals surface area (Å²) in [5, 5.41) is 7.43. The standard InChI is InChI=1S/C21H28N2S/c1-4-16(3)18-11-13-19(14-12-18)20(5-2)23-21(24)22-15-17-9-7-6-8-10-17/h6-14,16,20H,4-5,15H2,1-3H3,(H2,22,23,24). The number of rotatable bonds is 7. The van der Waals surface area contributed by atoms with Gasteiger partial charge in [-0.2, -0.15) is 0 Å². The molecule has 2 N–H and O–H groups in total. The average Bonchev–Trinajstić information content (AvgIpc) is 2.64. The van der Waals surface area contributed by atoms with E-state index in [-0.39, 0.29) is 6.04 Å². The molecule has 0 radical (unpaired) electrons. The van der Waals surface area contributed by atoms with E-state index in [1.807, 2.05) is 18.2 Å². The second-order valence-electron chi connectivity index (χ2n) is 6.25. The molecule has 2 aromatic rings. The highest BCUT2D eigenvalue weighted by molar-refractivity contribution is 7.80. The summed E-state index contributed by atoms with van der Waals surface area (Å²) in [7, 11) is 0. The second-order valence-corrected chi connectivity index (χ2v) is 6.66. The SMILES string of the molecule is CCC(C)c1ccc(C(CC)NC(=S)NCc2ccccc2)cc1. The van der Waals surface area contributed by atoms with Gasteiger partial charge < -0.3 is 10.6 Å². The van der Waals surface area contributed by atoms with Crippen molar-refractivity contribution in [3.63, 3.8) is 0 Å². The molecule has 0 aliphatic carbocycles. The number of thiocarbonyl (C=S) groups is 1. The smallest absolute Gasteiger partial charge is 0.167 e. The van der Waals surface area contributed by atoms with Crippen molar-refractivity contribution in [2.24, 2.45) is 0 Å². The van der Waals surface area contributed by atoms with Gasteiger partial charge in [0.1, 0.15) is 0 Å². The minimum Gasteiger partial charge on any atom is -0.359 e. The zero-order chi connectivity index (χ0) is 17.4. The third-order valence-electron chi connectivity index (χ3n) is 4.53. The van der Waals surface area contributed by atoms with Crippen molar-refractivity contribution in [3.05, 3.63) is 71.3 Å². The van der Waals surface area contributed by atoms with Gasteiger partial charge in [-0.05, 0) is 47.7 Å². The zero-order valence-corrected chi connectivity index (χ0v) is 15.7. The quantitative estimate of drug-likeness (QED) is 0.667. The lowest BCUT2D eigenvalue weighted by molar-refractivity contribution is 0.615. The fourth-order valence-electron chi connectivity index (χ4n) is 2.70. The van der Waals surface area contributed by atoms with Crippen LogP contribution in [-0.4, -0.2) is 5.11 Å². The van der Waals surface area contributed by atoms with Crippen LogP contribution in [0.1, 0.15) is 62.3 Å². The van der Waals surface area contributed by atoms with Gasteiger partial charge in [0.05, 0.1) is 6.04 Å². The summed E-state index contributed by atoms with van der Waals surface area (Å²) in [6.45, 7) is 7.43. The van der Waals surface area contributed by atoms with Gasteiger partial charge in [0.2, 0.25) is 0 Å². The highest BCUT2D eigenvalue weighted by atomic mass is 32.1. The van der Waals surface area contributed by atoms with Gasteiger partial charge in [-0.3, -0.25) is 0 Å². The Labute approximate surface area is 151 Å². The summed E-state index contributed by atoms with van der Waals surface area (Å²) in [6, 6.07) is 19.5. The van der Waals surface area contributed by atoms with E-state index < -0.39 is 0 Å². The Morgan fingerprint density at radius 1 is 0.917 bits per heavy atom. The highest BCUT2D eigenvalue weighted by Crippen LogP contribution is 2.22. The van der Waals surface area contributed by atoms with E-state index in [0.29, 0.717) is 11.0 Å². The van der Waals surface area contributed by atoms with E-state index in [0.717, 1.165) is 13.0 Å². The molecule has 2 atom stereocenters. The molecule has 2 unspecified atom stereocenters. The molecule has 3 heteroatoms. The highest BCUT2D eigenvalue weighted by Gasteiger charge is 2.11. The number of benzene rings is 2. The number of nitrogens with one attached hydrogen (secondary N) is 2. The molecule has 0 fully saturated rings. The molecule has 0 bridgehead atoms. The molecular weight excluding hydrogens is 312 g/mol. The molecule has 0 saturated carbocycles. The summed E-state index contributed by atoms with van der Waals surface area (Å²) in [5.41, 5.74) is 3.92. The number of hydrogen-bond donors (Lipinski definition) is 2. The van der Waals surface area contributed by atoms with E-state index in [2.05, 4.69) is 67.8 Å². The van der Waals surface area contributed by atoms with Crippen molar-refractivity contribution >= 4 is 17.3 Å². The Balaban J connectivity index is 1.92. The Kier molecular flexibility index (Phi) is 7.26. The molecule has 0 saturated heterocycles. The average molecular weight is 341 g/mol. The summed E-state index contributed by atoms with van der Waals surface area (Å²) in [6.07, 6.45) is 2.16. The van der Waals surface area contributed by atoms with Crippen molar-refractivity contribution in [1.29, 1.82) is 0 Å². The zero-order valence-electron chi connectivity index (χ0n) is 14.9. The lowest BCUT2D eigenvalue weighted by Crippen LogP contribution is -2.37. The van der Waals surface area contributed by atoms with Gasteiger partial charge in [-0.15, -0.1) is 0 Å². The van der Waals surface area contributed by atoms with Crippen molar-refractivity contribution < 1.29 is 0 Å². The molecular formula is C21H28N2S. The normalized spacial score (nSPS) is 13.1. The molecule has 2 aromatic carbocycles. The van der Waals surface area contributed by atoms with Crippen molar-refractivity contribution in [2.75, 3.05) is 0 Å². The largest absolute Gasteiger partial charge is 0.359 e. The monoisotopic (exact) mass is 340 g/mol. The first-order valence-corrected chi connectivity index (χ1v) is 9.23. The first-order chi connectivity index (χ1) is 11.6. The first kappa shape index (κ1) is 18.5. The topological polar surface area (TPSA) is 24.1 Å². The molecule has 0 aliphatic rings. The summed E-state index contributed by atoms with van der Waals surface area (Å²) < 4.78 is 0. The van der Waals surface area contributed by atoms with Crippen LogP contribution in [0.5, 0.6) is 0 Å². The Bertz CT molecular complexity index is 622. The van der Waals surface area contributed by atoms with Gasteiger partial charge in [-0.1, -0.05) is 75.4 Å². The van der Waals surface area contributed by atoms with Crippen LogP contribution in [0, 0.1) is 0 Å². The summed E-state index contributed by atoms with van der Waals surface area (Å²) in [5.74, 6) is 0.612. The lowest BCUT2D eigenvalue weighted by atomic mass is 9.95. The fraction of sp³-hybridized carbons (Fsp3) is 0.381. The van der Waals surface area contributed by atoms with E-state index in [9.17, 15) is 0 Å². The van der Waals surface area contributed by atoms with E-state index in [4.69, 9.17) is 12.2 Å². The van der Waals surface area contributed by atoms with Gasteiger partial charge in [0.25, 0.3) is 0 Å². The molecule has 128 valence electrons. The molecule has 0 aliphatic heterocycles. The van der Waals surface area contributed by atoms with Gasteiger partial charge >= 0.3 is 0 Å². The van der Waals surface area contributed by atoms with E-state index >= 15 is 0 Å². The van der Waals surface area contributed by atoms with Crippen molar-refractivity contribution in [3.8, 4) is 0 Å². The maximum absolute atomic E-state index is 5.46.